The summed E-state index contributed by atoms with van der Waals surface area (Å²) in [7, 11) is 1.96. The molecule has 0 atom stereocenters. The summed E-state index contributed by atoms with van der Waals surface area (Å²) in [5, 5.41) is 2.93. The van der Waals surface area contributed by atoms with E-state index in [4.69, 9.17) is 0 Å². The molecule has 0 aliphatic rings. The number of amides is 1. The maximum atomic E-state index is 12.1. The molecule has 116 valence electrons. The molecular weight excluding hydrogens is 292 g/mol. The number of thioether (sulfide) groups is 1. The molecule has 0 aliphatic heterocycles. The SMILES string of the molecule is CSc1ccc(CN(C)CC(=O)Nc2cccc(C)c2)cc1. The Morgan fingerprint density at radius 3 is 2.55 bits per heavy atom. The number of hydrogen-bond donors (Lipinski definition) is 1. The van der Waals surface area contributed by atoms with E-state index in [1.807, 2.05) is 43.1 Å². The third-order valence-corrected chi connectivity index (χ3v) is 4.07. The number of aryl methyl sites for hydroxylation is 1. The second-order valence-electron chi connectivity index (χ2n) is 5.44. The lowest BCUT2D eigenvalue weighted by atomic mass is 10.2. The molecule has 1 N–H and O–H groups in total. The van der Waals surface area contributed by atoms with Gasteiger partial charge in [-0.05, 0) is 55.6 Å². The highest BCUT2D eigenvalue weighted by Crippen LogP contribution is 2.15. The predicted octanol–water partition coefficient (Wildman–Crippen LogP) is 3.79. The van der Waals surface area contributed by atoms with Gasteiger partial charge >= 0.3 is 0 Å². The number of nitrogens with one attached hydrogen (secondary N) is 1. The van der Waals surface area contributed by atoms with Crippen LogP contribution in [0.15, 0.2) is 53.4 Å². The van der Waals surface area contributed by atoms with E-state index in [0.717, 1.165) is 17.8 Å². The van der Waals surface area contributed by atoms with E-state index in [0.29, 0.717) is 6.54 Å². The Morgan fingerprint density at radius 2 is 1.91 bits per heavy atom. The van der Waals surface area contributed by atoms with Crippen LogP contribution in [-0.2, 0) is 11.3 Å². The summed E-state index contributed by atoms with van der Waals surface area (Å²) >= 11 is 1.73. The Kier molecular flexibility index (Phi) is 6.04. The number of anilines is 1. The summed E-state index contributed by atoms with van der Waals surface area (Å²) in [6.45, 7) is 3.15. The van der Waals surface area contributed by atoms with E-state index in [1.165, 1.54) is 10.5 Å². The summed E-state index contributed by atoms with van der Waals surface area (Å²) in [4.78, 5) is 15.3. The van der Waals surface area contributed by atoms with Crippen molar-refractivity contribution >= 4 is 23.4 Å². The van der Waals surface area contributed by atoms with Crippen molar-refractivity contribution in [3.63, 3.8) is 0 Å². The monoisotopic (exact) mass is 314 g/mol. The van der Waals surface area contributed by atoms with Crippen molar-refractivity contribution in [3.8, 4) is 0 Å². The third-order valence-electron chi connectivity index (χ3n) is 3.33. The third kappa shape index (κ3) is 5.20. The zero-order valence-corrected chi connectivity index (χ0v) is 14.1. The first-order valence-corrected chi connectivity index (χ1v) is 8.47. The molecule has 0 bridgehead atoms. The Labute approximate surface area is 136 Å². The van der Waals surface area contributed by atoms with Crippen LogP contribution in [-0.4, -0.2) is 30.7 Å². The summed E-state index contributed by atoms with van der Waals surface area (Å²) in [5.41, 5.74) is 3.20. The van der Waals surface area contributed by atoms with Crippen LogP contribution in [0.1, 0.15) is 11.1 Å². The summed E-state index contributed by atoms with van der Waals surface area (Å²) < 4.78 is 0. The van der Waals surface area contributed by atoms with Gasteiger partial charge in [0.1, 0.15) is 0 Å². The van der Waals surface area contributed by atoms with Crippen LogP contribution in [0.3, 0.4) is 0 Å². The van der Waals surface area contributed by atoms with Gasteiger partial charge < -0.3 is 5.32 Å². The molecule has 0 heterocycles. The molecule has 1 amide bonds. The Morgan fingerprint density at radius 1 is 1.18 bits per heavy atom. The van der Waals surface area contributed by atoms with Gasteiger partial charge in [-0.2, -0.15) is 0 Å². The van der Waals surface area contributed by atoms with Gasteiger partial charge in [-0.3, -0.25) is 9.69 Å². The van der Waals surface area contributed by atoms with Crippen molar-refractivity contribution in [2.75, 3.05) is 25.2 Å². The predicted molar refractivity (Wildman–Crippen MR) is 94.4 cm³/mol. The molecule has 2 aromatic carbocycles. The van der Waals surface area contributed by atoms with Gasteiger partial charge in [0.05, 0.1) is 6.54 Å². The molecule has 2 rings (SSSR count). The largest absolute Gasteiger partial charge is 0.325 e. The molecule has 0 unspecified atom stereocenters. The van der Waals surface area contributed by atoms with Crippen LogP contribution in [0.25, 0.3) is 0 Å². The van der Waals surface area contributed by atoms with Crippen molar-refractivity contribution in [1.29, 1.82) is 0 Å². The van der Waals surface area contributed by atoms with Crippen molar-refractivity contribution in [2.45, 2.75) is 18.4 Å². The minimum Gasteiger partial charge on any atom is -0.325 e. The van der Waals surface area contributed by atoms with Crippen LogP contribution < -0.4 is 5.32 Å². The Bertz CT molecular complexity index is 625. The summed E-state index contributed by atoms with van der Waals surface area (Å²) in [6, 6.07) is 16.3. The Hall–Kier alpha value is -1.78. The molecule has 0 radical (unpaired) electrons. The molecule has 0 aromatic heterocycles. The van der Waals surface area contributed by atoms with Gasteiger partial charge in [0.25, 0.3) is 0 Å². The lowest BCUT2D eigenvalue weighted by Crippen LogP contribution is -2.29. The molecule has 2 aromatic rings. The minimum absolute atomic E-state index is 0.00818. The first kappa shape index (κ1) is 16.6. The summed E-state index contributed by atoms with van der Waals surface area (Å²) in [5.74, 6) is 0.00818. The number of carbonyl (C=O) groups is 1. The van der Waals surface area contributed by atoms with Gasteiger partial charge in [0.15, 0.2) is 0 Å². The number of benzene rings is 2. The van der Waals surface area contributed by atoms with Crippen LogP contribution in [0.5, 0.6) is 0 Å². The van der Waals surface area contributed by atoms with Crippen molar-refractivity contribution in [1.82, 2.24) is 4.90 Å². The van der Waals surface area contributed by atoms with Crippen LogP contribution in [0, 0.1) is 6.92 Å². The van der Waals surface area contributed by atoms with E-state index in [9.17, 15) is 4.79 Å². The number of nitrogens with zero attached hydrogens (tertiary/aromatic N) is 1. The standard InChI is InChI=1S/C18H22N2OS/c1-14-5-4-6-16(11-14)19-18(21)13-20(2)12-15-7-9-17(22-3)10-8-15/h4-11H,12-13H2,1-3H3,(H,19,21). The van der Waals surface area contributed by atoms with E-state index >= 15 is 0 Å². The highest BCUT2D eigenvalue weighted by Gasteiger charge is 2.07. The maximum absolute atomic E-state index is 12.1. The first-order chi connectivity index (χ1) is 10.6. The molecule has 4 heteroatoms. The molecule has 0 aliphatic carbocycles. The van der Waals surface area contributed by atoms with Crippen molar-refractivity contribution in [3.05, 3.63) is 59.7 Å². The van der Waals surface area contributed by atoms with Crippen molar-refractivity contribution < 1.29 is 4.79 Å². The maximum Gasteiger partial charge on any atom is 0.238 e. The lowest BCUT2D eigenvalue weighted by Gasteiger charge is -2.16. The number of rotatable bonds is 6. The fourth-order valence-electron chi connectivity index (χ4n) is 2.27. The molecule has 22 heavy (non-hydrogen) atoms. The summed E-state index contributed by atoms with van der Waals surface area (Å²) in [6.07, 6.45) is 2.07. The van der Waals surface area contributed by atoms with E-state index in [2.05, 4.69) is 35.8 Å². The highest BCUT2D eigenvalue weighted by atomic mass is 32.2. The van der Waals surface area contributed by atoms with E-state index < -0.39 is 0 Å². The zero-order chi connectivity index (χ0) is 15.9. The quantitative estimate of drug-likeness (QED) is 0.823. The number of hydrogen-bond acceptors (Lipinski definition) is 3. The average Bonchev–Trinajstić information content (AvgIpc) is 2.47. The number of carbonyl (C=O) groups excluding carboxylic acids is 1. The van der Waals surface area contributed by atoms with Crippen LogP contribution >= 0.6 is 11.8 Å². The second-order valence-corrected chi connectivity index (χ2v) is 6.32. The van der Waals surface area contributed by atoms with Gasteiger partial charge in [0.2, 0.25) is 5.91 Å². The molecule has 0 spiro atoms. The lowest BCUT2D eigenvalue weighted by molar-refractivity contribution is -0.117. The topological polar surface area (TPSA) is 32.3 Å². The minimum atomic E-state index is 0.00818. The fraction of sp³-hybridized carbons (Fsp3) is 0.278. The van der Waals surface area contributed by atoms with Crippen LogP contribution in [0.4, 0.5) is 5.69 Å². The fourth-order valence-corrected chi connectivity index (χ4v) is 2.68. The molecule has 0 saturated carbocycles. The van der Waals surface area contributed by atoms with E-state index in [1.54, 1.807) is 11.8 Å². The molecule has 3 nitrogen and oxygen atoms in total. The second kappa shape index (κ2) is 8.01. The first-order valence-electron chi connectivity index (χ1n) is 7.25. The zero-order valence-electron chi connectivity index (χ0n) is 13.3. The average molecular weight is 314 g/mol. The van der Waals surface area contributed by atoms with Gasteiger partial charge in [-0.15, -0.1) is 11.8 Å². The number of likely N-dealkylation sites (N-methyl/N-ethyl adjacent to an activating group) is 1. The molecular formula is C18H22N2OS. The van der Waals surface area contributed by atoms with Gasteiger partial charge in [0, 0.05) is 17.1 Å². The van der Waals surface area contributed by atoms with Crippen molar-refractivity contribution in [2.24, 2.45) is 0 Å². The smallest absolute Gasteiger partial charge is 0.238 e. The van der Waals surface area contributed by atoms with Gasteiger partial charge in [-0.25, -0.2) is 0 Å². The highest BCUT2D eigenvalue weighted by molar-refractivity contribution is 7.98. The Balaban J connectivity index is 1.85. The molecule has 0 fully saturated rings. The normalized spacial score (nSPS) is 10.7. The van der Waals surface area contributed by atoms with Gasteiger partial charge in [-0.1, -0.05) is 24.3 Å². The van der Waals surface area contributed by atoms with Crippen LogP contribution in [0.2, 0.25) is 0 Å². The molecule has 0 saturated heterocycles. The van der Waals surface area contributed by atoms with E-state index in [-0.39, 0.29) is 5.91 Å².